The van der Waals surface area contributed by atoms with Crippen molar-refractivity contribution in [2.75, 3.05) is 6.61 Å². The van der Waals surface area contributed by atoms with Crippen molar-refractivity contribution in [1.29, 1.82) is 0 Å². The standard InChI is InChI=1S/C16H22O5/c1-2-21-16(20)10-8-13-11-12(7-9-14(13)17)5-3-4-6-15(18)19/h7,9,11,17H,2-6,8,10H2,1H3,(H,18,19). The molecule has 0 aromatic heterocycles. The van der Waals surface area contributed by atoms with E-state index in [1.807, 2.05) is 12.1 Å². The Balaban J connectivity index is 2.50. The van der Waals surface area contributed by atoms with Gasteiger partial charge in [0.05, 0.1) is 6.61 Å². The predicted octanol–water partition coefficient (Wildman–Crippen LogP) is 2.69. The summed E-state index contributed by atoms with van der Waals surface area (Å²) in [6.07, 6.45) is 3.04. The lowest BCUT2D eigenvalue weighted by molar-refractivity contribution is -0.143. The van der Waals surface area contributed by atoms with Gasteiger partial charge < -0.3 is 14.9 Å². The molecule has 21 heavy (non-hydrogen) atoms. The number of aromatic hydroxyl groups is 1. The van der Waals surface area contributed by atoms with Gasteiger partial charge in [0.2, 0.25) is 0 Å². The van der Waals surface area contributed by atoms with Gasteiger partial charge in [0, 0.05) is 12.8 Å². The Bertz CT molecular complexity index is 482. The molecule has 0 bridgehead atoms. The summed E-state index contributed by atoms with van der Waals surface area (Å²) in [5.41, 5.74) is 1.76. The van der Waals surface area contributed by atoms with E-state index in [2.05, 4.69) is 0 Å². The van der Waals surface area contributed by atoms with Crippen molar-refractivity contribution >= 4 is 11.9 Å². The second-order valence-corrected chi connectivity index (χ2v) is 4.87. The summed E-state index contributed by atoms with van der Waals surface area (Å²) in [5, 5.41) is 18.4. The maximum atomic E-state index is 11.3. The predicted molar refractivity (Wildman–Crippen MR) is 78.3 cm³/mol. The van der Waals surface area contributed by atoms with Gasteiger partial charge in [-0.3, -0.25) is 9.59 Å². The van der Waals surface area contributed by atoms with E-state index in [0.717, 1.165) is 24.0 Å². The van der Waals surface area contributed by atoms with Crippen molar-refractivity contribution in [1.82, 2.24) is 0 Å². The number of benzene rings is 1. The van der Waals surface area contributed by atoms with Gasteiger partial charge in [-0.2, -0.15) is 0 Å². The minimum Gasteiger partial charge on any atom is -0.508 e. The van der Waals surface area contributed by atoms with Crippen LogP contribution in [0, 0.1) is 0 Å². The number of carboxylic acids is 1. The van der Waals surface area contributed by atoms with Gasteiger partial charge in [-0.25, -0.2) is 0 Å². The lowest BCUT2D eigenvalue weighted by Crippen LogP contribution is -2.05. The van der Waals surface area contributed by atoms with Crippen LogP contribution in [0.5, 0.6) is 5.75 Å². The average molecular weight is 294 g/mol. The molecule has 0 amide bonds. The van der Waals surface area contributed by atoms with Crippen LogP contribution in [0.25, 0.3) is 0 Å². The zero-order valence-corrected chi connectivity index (χ0v) is 12.3. The fraction of sp³-hybridized carbons (Fsp3) is 0.500. The highest BCUT2D eigenvalue weighted by Crippen LogP contribution is 2.21. The minimum atomic E-state index is -0.782. The van der Waals surface area contributed by atoms with Crippen LogP contribution in [0.3, 0.4) is 0 Å². The third kappa shape index (κ3) is 6.79. The van der Waals surface area contributed by atoms with Gasteiger partial charge in [0.1, 0.15) is 5.75 Å². The minimum absolute atomic E-state index is 0.174. The third-order valence-corrected chi connectivity index (χ3v) is 3.15. The molecular formula is C16H22O5. The van der Waals surface area contributed by atoms with Crippen LogP contribution in [-0.2, 0) is 27.2 Å². The Morgan fingerprint density at radius 3 is 2.57 bits per heavy atom. The van der Waals surface area contributed by atoms with Crippen LogP contribution in [0.2, 0.25) is 0 Å². The summed E-state index contributed by atoms with van der Waals surface area (Å²) < 4.78 is 4.86. The van der Waals surface area contributed by atoms with Crippen LogP contribution in [0.4, 0.5) is 0 Å². The van der Waals surface area contributed by atoms with Gasteiger partial charge in [-0.15, -0.1) is 0 Å². The zero-order valence-electron chi connectivity index (χ0n) is 12.3. The van der Waals surface area contributed by atoms with Gasteiger partial charge in [0.15, 0.2) is 0 Å². The lowest BCUT2D eigenvalue weighted by Gasteiger charge is -2.08. The van der Waals surface area contributed by atoms with Crippen LogP contribution < -0.4 is 0 Å². The number of phenolic OH excluding ortho intramolecular Hbond substituents is 1. The molecule has 0 aliphatic rings. The van der Waals surface area contributed by atoms with Crippen molar-refractivity contribution in [2.24, 2.45) is 0 Å². The summed E-state index contributed by atoms with van der Waals surface area (Å²) in [6.45, 7) is 2.11. The molecule has 1 aromatic rings. The fourth-order valence-corrected chi connectivity index (χ4v) is 2.07. The molecule has 0 saturated heterocycles. The highest BCUT2D eigenvalue weighted by atomic mass is 16.5. The molecule has 0 saturated carbocycles. The quantitative estimate of drug-likeness (QED) is 0.540. The first kappa shape index (κ1) is 17.0. The first-order chi connectivity index (χ1) is 10.0. The number of rotatable bonds is 9. The second-order valence-electron chi connectivity index (χ2n) is 4.87. The van der Waals surface area contributed by atoms with Gasteiger partial charge in [0.25, 0.3) is 0 Å². The number of hydrogen-bond acceptors (Lipinski definition) is 4. The Morgan fingerprint density at radius 2 is 1.90 bits per heavy atom. The largest absolute Gasteiger partial charge is 0.508 e. The number of unbranched alkanes of at least 4 members (excludes halogenated alkanes) is 1. The maximum absolute atomic E-state index is 11.3. The average Bonchev–Trinajstić information content (AvgIpc) is 2.44. The van der Waals surface area contributed by atoms with E-state index in [-0.39, 0.29) is 24.6 Å². The van der Waals surface area contributed by atoms with Crippen molar-refractivity contribution in [3.63, 3.8) is 0 Å². The number of phenols is 1. The zero-order chi connectivity index (χ0) is 15.7. The highest BCUT2D eigenvalue weighted by Gasteiger charge is 2.07. The summed E-state index contributed by atoms with van der Waals surface area (Å²) in [5.74, 6) is -0.881. The molecule has 1 rings (SSSR count). The number of aryl methyl sites for hydroxylation is 2. The molecule has 1 aromatic carbocycles. The van der Waals surface area contributed by atoms with Gasteiger partial charge >= 0.3 is 11.9 Å². The van der Waals surface area contributed by atoms with Gasteiger partial charge in [-0.05, 0) is 49.8 Å². The summed E-state index contributed by atoms with van der Waals surface area (Å²) >= 11 is 0. The molecule has 0 heterocycles. The summed E-state index contributed by atoms with van der Waals surface area (Å²) in [4.78, 5) is 21.8. The second kappa shape index (κ2) is 9.00. The van der Waals surface area contributed by atoms with Crippen LogP contribution >= 0.6 is 0 Å². The van der Waals surface area contributed by atoms with Gasteiger partial charge in [-0.1, -0.05) is 12.1 Å². The Hall–Kier alpha value is -2.04. The molecule has 5 nitrogen and oxygen atoms in total. The number of carbonyl (C=O) groups is 2. The van der Waals surface area contributed by atoms with Crippen molar-refractivity contribution < 1.29 is 24.5 Å². The molecule has 0 spiro atoms. The topological polar surface area (TPSA) is 83.8 Å². The number of aliphatic carboxylic acids is 1. The van der Waals surface area contributed by atoms with Crippen molar-refractivity contribution in [3.8, 4) is 5.75 Å². The van der Waals surface area contributed by atoms with E-state index in [4.69, 9.17) is 9.84 Å². The van der Waals surface area contributed by atoms with E-state index in [9.17, 15) is 14.7 Å². The molecule has 0 aliphatic heterocycles. The Morgan fingerprint density at radius 1 is 1.14 bits per heavy atom. The molecule has 0 fully saturated rings. The molecule has 2 N–H and O–H groups in total. The maximum Gasteiger partial charge on any atom is 0.306 e. The number of carbonyl (C=O) groups excluding carboxylic acids is 1. The number of ether oxygens (including phenoxy) is 1. The van der Waals surface area contributed by atoms with Crippen molar-refractivity contribution in [2.45, 2.75) is 45.4 Å². The van der Waals surface area contributed by atoms with Crippen LogP contribution in [-0.4, -0.2) is 28.8 Å². The summed E-state index contributed by atoms with van der Waals surface area (Å²) in [7, 11) is 0. The third-order valence-electron chi connectivity index (χ3n) is 3.15. The SMILES string of the molecule is CCOC(=O)CCc1cc(CCCCC(=O)O)ccc1O. The molecule has 0 unspecified atom stereocenters. The lowest BCUT2D eigenvalue weighted by atomic mass is 10.0. The van der Waals surface area contributed by atoms with Crippen LogP contribution in [0.15, 0.2) is 18.2 Å². The Labute approximate surface area is 124 Å². The van der Waals surface area contributed by atoms with E-state index in [0.29, 0.717) is 19.4 Å². The Kier molecular flexibility index (Phi) is 7.29. The number of carboxylic acid groups (broad SMARTS) is 1. The fourth-order valence-electron chi connectivity index (χ4n) is 2.07. The van der Waals surface area contributed by atoms with E-state index in [1.54, 1.807) is 13.0 Å². The molecule has 0 aliphatic carbocycles. The molecule has 5 heteroatoms. The molecule has 116 valence electrons. The first-order valence-corrected chi connectivity index (χ1v) is 7.21. The molecule has 0 radical (unpaired) electrons. The number of esters is 1. The van der Waals surface area contributed by atoms with E-state index < -0.39 is 5.97 Å². The monoisotopic (exact) mass is 294 g/mol. The van der Waals surface area contributed by atoms with E-state index in [1.165, 1.54) is 0 Å². The molecule has 0 atom stereocenters. The number of hydrogen-bond donors (Lipinski definition) is 2. The highest BCUT2D eigenvalue weighted by molar-refractivity contribution is 5.69. The summed E-state index contributed by atoms with van der Waals surface area (Å²) in [6, 6.07) is 5.31. The first-order valence-electron chi connectivity index (χ1n) is 7.21. The molecular weight excluding hydrogens is 272 g/mol. The van der Waals surface area contributed by atoms with E-state index >= 15 is 0 Å². The normalized spacial score (nSPS) is 10.3. The van der Waals surface area contributed by atoms with Crippen LogP contribution in [0.1, 0.15) is 43.7 Å². The van der Waals surface area contributed by atoms with Crippen molar-refractivity contribution in [3.05, 3.63) is 29.3 Å². The smallest absolute Gasteiger partial charge is 0.306 e.